The number of nitrogens with one attached hydrogen (secondary N) is 2. The standard InChI is InChI=1S/C22H24N4O2/c1-3-20-19(14-23-26(20)15-16-9-6-5-7-10-16)22(28)25-18-12-8-11-17(13-18)24-21(27)4-2/h5-14H,3-4,15H2,1-2H3,(H,24,27)(H,25,28). The zero-order valence-corrected chi connectivity index (χ0v) is 16.1. The van der Waals surface area contributed by atoms with Crippen molar-refractivity contribution < 1.29 is 9.59 Å². The first-order chi connectivity index (χ1) is 13.6. The number of hydrogen-bond donors (Lipinski definition) is 2. The molecular weight excluding hydrogens is 352 g/mol. The third kappa shape index (κ3) is 4.65. The minimum Gasteiger partial charge on any atom is -0.326 e. The van der Waals surface area contributed by atoms with Crippen molar-refractivity contribution in [2.45, 2.75) is 33.2 Å². The molecule has 0 atom stereocenters. The lowest BCUT2D eigenvalue weighted by atomic mass is 10.1. The molecule has 2 N–H and O–H groups in total. The second-order valence-corrected chi connectivity index (χ2v) is 6.44. The first-order valence-electron chi connectivity index (χ1n) is 9.40. The zero-order valence-electron chi connectivity index (χ0n) is 16.1. The summed E-state index contributed by atoms with van der Waals surface area (Å²) in [6.07, 6.45) is 2.71. The third-order valence-corrected chi connectivity index (χ3v) is 4.43. The minimum absolute atomic E-state index is 0.0704. The average Bonchev–Trinajstić information content (AvgIpc) is 3.11. The number of nitrogens with zero attached hydrogens (tertiary/aromatic N) is 2. The summed E-state index contributed by atoms with van der Waals surface area (Å²) in [4.78, 5) is 24.4. The number of aromatic nitrogens is 2. The van der Waals surface area contributed by atoms with Crippen molar-refractivity contribution >= 4 is 23.2 Å². The topological polar surface area (TPSA) is 76.0 Å². The Morgan fingerprint density at radius 2 is 1.68 bits per heavy atom. The van der Waals surface area contributed by atoms with Crippen LogP contribution in [0, 0.1) is 0 Å². The van der Waals surface area contributed by atoms with Gasteiger partial charge in [-0.2, -0.15) is 5.10 Å². The first kappa shape index (κ1) is 19.4. The summed E-state index contributed by atoms with van der Waals surface area (Å²) in [7, 11) is 0. The second kappa shape index (κ2) is 8.99. The summed E-state index contributed by atoms with van der Waals surface area (Å²) in [5, 5.41) is 10.1. The van der Waals surface area contributed by atoms with Gasteiger partial charge in [-0.15, -0.1) is 0 Å². The van der Waals surface area contributed by atoms with Crippen molar-refractivity contribution in [3.63, 3.8) is 0 Å². The highest BCUT2D eigenvalue weighted by Gasteiger charge is 2.17. The molecule has 2 amide bonds. The van der Waals surface area contributed by atoms with E-state index >= 15 is 0 Å². The fraction of sp³-hybridized carbons (Fsp3) is 0.227. The molecule has 2 aromatic carbocycles. The smallest absolute Gasteiger partial charge is 0.259 e. The molecule has 1 heterocycles. The van der Waals surface area contributed by atoms with E-state index in [9.17, 15) is 9.59 Å². The van der Waals surface area contributed by atoms with Gasteiger partial charge >= 0.3 is 0 Å². The van der Waals surface area contributed by atoms with Crippen LogP contribution in [0.2, 0.25) is 0 Å². The van der Waals surface area contributed by atoms with Crippen LogP contribution >= 0.6 is 0 Å². The molecule has 0 unspecified atom stereocenters. The summed E-state index contributed by atoms with van der Waals surface area (Å²) in [5.41, 5.74) is 3.85. The maximum Gasteiger partial charge on any atom is 0.259 e. The molecule has 0 bridgehead atoms. The van der Waals surface area contributed by atoms with Gasteiger partial charge in [-0.25, -0.2) is 0 Å². The number of anilines is 2. The molecule has 0 aliphatic heterocycles. The number of amides is 2. The Bertz CT molecular complexity index is 964. The monoisotopic (exact) mass is 376 g/mol. The molecule has 3 aromatic rings. The van der Waals surface area contributed by atoms with Crippen LogP contribution in [0.3, 0.4) is 0 Å². The van der Waals surface area contributed by atoms with E-state index in [0.717, 1.165) is 11.3 Å². The molecule has 0 radical (unpaired) electrons. The number of rotatable bonds is 7. The van der Waals surface area contributed by atoms with Gasteiger partial charge in [0.25, 0.3) is 5.91 Å². The Hall–Kier alpha value is -3.41. The van der Waals surface area contributed by atoms with Crippen molar-refractivity contribution in [1.29, 1.82) is 0 Å². The van der Waals surface area contributed by atoms with Crippen LogP contribution in [0.5, 0.6) is 0 Å². The quantitative estimate of drug-likeness (QED) is 0.652. The Morgan fingerprint density at radius 3 is 2.36 bits per heavy atom. The van der Waals surface area contributed by atoms with Crippen molar-refractivity contribution in [3.05, 3.63) is 77.6 Å². The van der Waals surface area contributed by atoms with Crippen LogP contribution in [-0.4, -0.2) is 21.6 Å². The maximum atomic E-state index is 12.8. The van der Waals surface area contributed by atoms with Crippen LogP contribution in [-0.2, 0) is 17.8 Å². The lowest BCUT2D eigenvalue weighted by molar-refractivity contribution is -0.115. The molecule has 6 heteroatoms. The third-order valence-electron chi connectivity index (χ3n) is 4.43. The number of benzene rings is 2. The van der Waals surface area contributed by atoms with Crippen LogP contribution in [0.15, 0.2) is 60.8 Å². The van der Waals surface area contributed by atoms with Crippen LogP contribution < -0.4 is 10.6 Å². The summed E-state index contributed by atoms with van der Waals surface area (Å²) >= 11 is 0. The van der Waals surface area contributed by atoms with Gasteiger partial charge in [0, 0.05) is 17.8 Å². The Balaban J connectivity index is 1.76. The molecule has 0 fully saturated rings. The van der Waals surface area contributed by atoms with Gasteiger partial charge in [0.2, 0.25) is 5.91 Å². The first-order valence-corrected chi connectivity index (χ1v) is 9.40. The second-order valence-electron chi connectivity index (χ2n) is 6.44. The fourth-order valence-electron chi connectivity index (χ4n) is 2.99. The van der Waals surface area contributed by atoms with E-state index in [2.05, 4.69) is 15.7 Å². The summed E-state index contributed by atoms with van der Waals surface area (Å²) in [6.45, 7) is 4.42. The molecule has 3 rings (SSSR count). The highest BCUT2D eigenvalue weighted by molar-refractivity contribution is 6.05. The SMILES string of the molecule is CCC(=O)Nc1cccc(NC(=O)c2cnn(Cc3ccccc3)c2CC)c1. The van der Waals surface area contributed by atoms with Crippen LogP contribution in [0.25, 0.3) is 0 Å². The fourth-order valence-corrected chi connectivity index (χ4v) is 2.99. The Morgan fingerprint density at radius 1 is 0.964 bits per heavy atom. The predicted molar refractivity (Wildman–Crippen MR) is 110 cm³/mol. The van der Waals surface area contributed by atoms with Crippen LogP contribution in [0.4, 0.5) is 11.4 Å². The Kier molecular flexibility index (Phi) is 6.22. The lowest BCUT2D eigenvalue weighted by Gasteiger charge is -2.10. The normalized spacial score (nSPS) is 10.5. The maximum absolute atomic E-state index is 12.8. The van der Waals surface area contributed by atoms with Crippen LogP contribution in [0.1, 0.15) is 41.9 Å². The highest BCUT2D eigenvalue weighted by atomic mass is 16.2. The zero-order chi connectivity index (χ0) is 19.9. The number of carbonyl (C=O) groups is 2. The van der Waals surface area contributed by atoms with Gasteiger partial charge in [-0.1, -0.05) is 50.2 Å². The molecule has 144 valence electrons. The van der Waals surface area contributed by atoms with Gasteiger partial charge in [0.1, 0.15) is 0 Å². The molecule has 0 spiro atoms. The summed E-state index contributed by atoms with van der Waals surface area (Å²) in [5.74, 6) is -0.283. The van der Waals surface area contributed by atoms with Gasteiger partial charge in [-0.3, -0.25) is 14.3 Å². The molecule has 0 aliphatic rings. The highest BCUT2D eigenvalue weighted by Crippen LogP contribution is 2.18. The average molecular weight is 376 g/mol. The van der Waals surface area contributed by atoms with Gasteiger partial charge in [0.15, 0.2) is 0 Å². The van der Waals surface area contributed by atoms with E-state index < -0.39 is 0 Å². The van der Waals surface area contributed by atoms with E-state index in [1.165, 1.54) is 0 Å². The van der Waals surface area contributed by atoms with E-state index in [-0.39, 0.29) is 11.8 Å². The van der Waals surface area contributed by atoms with E-state index in [4.69, 9.17) is 0 Å². The molecule has 0 saturated heterocycles. The molecule has 0 aliphatic carbocycles. The van der Waals surface area contributed by atoms with Gasteiger partial charge in [-0.05, 0) is 30.2 Å². The minimum atomic E-state index is -0.213. The molecule has 28 heavy (non-hydrogen) atoms. The van der Waals surface area contributed by atoms with E-state index in [0.29, 0.717) is 36.3 Å². The van der Waals surface area contributed by atoms with Crippen molar-refractivity contribution in [3.8, 4) is 0 Å². The molecule has 1 aromatic heterocycles. The predicted octanol–water partition coefficient (Wildman–Crippen LogP) is 4.09. The van der Waals surface area contributed by atoms with Crippen molar-refractivity contribution in [1.82, 2.24) is 9.78 Å². The summed E-state index contributed by atoms with van der Waals surface area (Å²) < 4.78 is 1.86. The largest absolute Gasteiger partial charge is 0.326 e. The Labute approximate surface area is 164 Å². The van der Waals surface area contributed by atoms with Crippen molar-refractivity contribution in [2.24, 2.45) is 0 Å². The summed E-state index contributed by atoms with van der Waals surface area (Å²) in [6, 6.07) is 17.1. The number of carbonyl (C=O) groups excluding carboxylic acids is 2. The lowest BCUT2D eigenvalue weighted by Crippen LogP contribution is -2.15. The van der Waals surface area contributed by atoms with E-state index in [1.807, 2.05) is 41.9 Å². The molecule has 6 nitrogen and oxygen atoms in total. The number of hydrogen-bond acceptors (Lipinski definition) is 3. The van der Waals surface area contributed by atoms with E-state index in [1.54, 1.807) is 37.4 Å². The van der Waals surface area contributed by atoms with Gasteiger partial charge < -0.3 is 10.6 Å². The van der Waals surface area contributed by atoms with Gasteiger partial charge in [0.05, 0.1) is 24.0 Å². The molecule has 0 saturated carbocycles. The molecular formula is C22H24N4O2. The van der Waals surface area contributed by atoms with Crippen molar-refractivity contribution in [2.75, 3.05) is 10.6 Å².